The van der Waals surface area contributed by atoms with Crippen molar-refractivity contribution < 1.29 is 13.2 Å². The lowest BCUT2D eigenvalue weighted by Gasteiger charge is -2.11. The predicted octanol–water partition coefficient (Wildman–Crippen LogP) is 3.11. The topological polar surface area (TPSA) is 91.8 Å². The third-order valence-corrected chi connectivity index (χ3v) is 6.76. The summed E-state index contributed by atoms with van der Waals surface area (Å²) in [5.74, 6) is 0.699. The molecule has 0 amide bonds. The maximum Gasteiger partial charge on any atom is 0.240 e. The third kappa shape index (κ3) is 8.88. The van der Waals surface area contributed by atoms with Crippen molar-refractivity contribution in [2.24, 2.45) is 4.99 Å². The molecule has 2 aromatic rings. The van der Waals surface area contributed by atoms with Crippen LogP contribution in [0, 0.1) is 0 Å². The normalized spacial score (nSPS) is 11.8. The fourth-order valence-corrected chi connectivity index (χ4v) is 4.54. The summed E-state index contributed by atoms with van der Waals surface area (Å²) < 4.78 is 32.1. The number of hydrogen-bond donors (Lipinski definition) is 3. The highest BCUT2D eigenvalue weighted by molar-refractivity contribution is 14.0. The van der Waals surface area contributed by atoms with Crippen LogP contribution in [0.4, 0.5) is 0 Å². The Hall–Kier alpha value is -1.21. The van der Waals surface area contributed by atoms with Crippen molar-refractivity contribution in [3.63, 3.8) is 0 Å². The molecular formula is C20H31IN4O3S2. The highest BCUT2D eigenvalue weighted by Gasteiger charge is 2.13. The maximum absolute atomic E-state index is 12.4. The molecule has 0 fully saturated rings. The molecule has 2 rings (SSSR count). The minimum absolute atomic E-state index is 0. The number of hydrogen-bond acceptors (Lipinski definition) is 5. The van der Waals surface area contributed by atoms with E-state index in [2.05, 4.69) is 39.4 Å². The van der Waals surface area contributed by atoms with Gasteiger partial charge in [-0.05, 0) is 43.2 Å². The smallest absolute Gasteiger partial charge is 0.240 e. The van der Waals surface area contributed by atoms with Crippen LogP contribution in [-0.2, 0) is 34.3 Å². The van der Waals surface area contributed by atoms with E-state index in [1.165, 1.54) is 16.9 Å². The zero-order chi connectivity index (χ0) is 21.1. The predicted molar refractivity (Wildman–Crippen MR) is 134 cm³/mol. The summed E-state index contributed by atoms with van der Waals surface area (Å²) in [5.41, 5.74) is 0.821. The number of guanidine groups is 1. The van der Waals surface area contributed by atoms with E-state index in [9.17, 15) is 8.42 Å². The molecule has 10 heteroatoms. The molecule has 0 aliphatic carbocycles. The molecule has 0 bridgehead atoms. The summed E-state index contributed by atoms with van der Waals surface area (Å²) in [5, 5.41) is 6.55. The first-order valence-electron chi connectivity index (χ1n) is 9.65. The summed E-state index contributed by atoms with van der Waals surface area (Å²) in [6.45, 7) is 6.54. The SMILES string of the molecule is CCNC(=NCc1cccc(S(=O)(=O)NCCOC)c1)NCc1ccc(CC)s1.I. The fraction of sp³-hybridized carbons (Fsp3) is 0.450. The molecule has 0 aliphatic heterocycles. The van der Waals surface area contributed by atoms with Crippen LogP contribution in [-0.4, -0.2) is 41.2 Å². The van der Waals surface area contributed by atoms with Crippen LogP contribution in [0.25, 0.3) is 0 Å². The lowest BCUT2D eigenvalue weighted by atomic mass is 10.2. The van der Waals surface area contributed by atoms with Gasteiger partial charge in [-0.2, -0.15) is 0 Å². The highest BCUT2D eigenvalue weighted by atomic mass is 127. The van der Waals surface area contributed by atoms with E-state index in [0.29, 0.717) is 25.7 Å². The van der Waals surface area contributed by atoms with Crippen LogP contribution >= 0.6 is 35.3 Å². The molecule has 1 aromatic heterocycles. The molecule has 1 heterocycles. The first-order valence-corrected chi connectivity index (χ1v) is 12.0. The average molecular weight is 567 g/mol. The number of thiophene rings is 1. The lowest BCUT2D eigenvalue weighted by molar-refractivity contribution is 0.204. The molecule has 0 saturated heterocycles. The number of methoxy groups -OCH3 is 1. The van der Waals surface area contributed by atoms with Crippen LogP contribution in [0.2, 0.25) is 0 Å². The van der Waals surface area contributed by atoms with Crippen molar-refractivity contribution in [1.82, 2.24) is 15.4 Å². The summed E-state index contributed by atoms with van der Waals surface area (Å²) in [7, 11) is -2.03. The molecule has 1 aromatic carbocycles. The van der Waals surface area contributed by atoms with Crippen molar-refractivity contribution in [3.05, 3.63) is 51.7 Å². The molecule has 7 nitrogen and oxygen atoms in total. The Balaban J connectivity index is 0.00000450. The molecule has 3 N–H and O–H groups in total. The number of aliphatic imine (C=N–C) groups is 1. The largest absolute Gasteiger partial charge is 0.383 e. The van der Waals surface area contributed by atoms with E-state index >= 15 is 0 Å². The molecule has 0 radical (unpaired) electrons. The zero-order valence-electron chi connectivity index (χ0n) is 17.6. The van der Waals surface area contributed by atoms with Crippen LogP contribution in [0.3, 0.4) is 0 Å². The fourth-order valence-electron chi connectivity index (χ4n) is 2.56. The molecular weight excluding hydrogens is 535 g/mol. The van der Waals surface area contributed by atoms with Crippen molar-refractivity contribution in [2.75, 3.05) is 26.8 Å². The number of nitrogens with zero attached hydrogens (tertiary/aromatic N) is 1. The van der Waals surface area contributed by atoms with Gasteiger partial charge in [-0.3, -0.25) is 0 Å². The second kappa shape index (κ2) is 14.0. The number of sulfonamides is 1. The number of benzene rings is 1. The van der Waals surface area contributed by atoms with Crippen LogP contribution in [0.5, 0.6) is 0 Å². The lowest BCUT2D eigenvalue weighted by Crippen LogP contribution is -2.36. The van der Waals surface area contributed by atoms with Gasteiger partial charge in [-0.15, -0.1) is 35.3 Å². The van der Waals surface area contributed by atoms with Gasteiger partial charge in [0.15, 0.2) is 5.96 Å². The number of rotatable bonds is 11. The van der Waals surface area contributed by atoms with Gasteiger partial charge in [0.2, 0.25) is 10.0 Å². The van der Waals surface area contributed by atoms with Crippen molar-refractivity contribution in [1.29, 1.82) is 0 Å². The van der Waals surface area contributed by atoms with Gasteiger partial charge in [-0.25, -0.2) is 18.1 Å². The zero-order valence-corrected chi connectivity index (χ0v) is 21.6. The summed E-state index contributed by atoms with van der Waals surface area (Å²) in [4.78, 5) is 7.43. The van der Waals surface area contributed by atoms with Crippen LogP contribution < -0.4 is 15.4 Å². The average Bonchev–Trinajstić information content (AvgIpc) is 3.18. The first kappa shape index (κ1) is 26.8. The minimum atomic E-state index is -3.56. The Morgan fingerprint density at radius 2 is 1.90 bits per heavy atom. The van der Waals surface area contributed by atoms with E-state index in [1.807, 2.05) is 13.0 Å². The van der Waals surface area contributed by atoms with Gasteiger partial charge in [0.05, 0.1) is 24.6 Å². The van der Waals surface area contributed by atoms with E-state index in [0.717, 1.165) is 18.5 Å². The monoisotopic (exact) mass is 566 g/mol. The Labute approximate surface area is 200 Å². The standard InChI is InChI=1S/C20H30N4O3S2.HI/c1-4-17-9-10-18(28-17)15-23-20(21-5-2)22-14-16-7-6-8-19(13-16)29(25,26)24-11-12-27-3;/h6-10,13,24H,4-5,11-12,14-15H2,1-3H3,(H2,21,22,23);1H. The summed E-state index contributed by atoms with van der Waals surface area (Å²) in [6, 6.07) is 11.1. The van der Waals surface area contributed by atoms with Crippen LogP contribution in [0.1, 0.15) is 29.2 Å². The molecule has 0 saturated carbocycles. The van der Waals surface area contributed by atoms with Gasteiger partial charge in [0, 0.05) is 30.0 Å². The van der Waals surface area contributed by atoms with Gasteiger partial charge >= 0.3 is 0 Å². The summed E-state index contributed by atoms with van der Waals surface area (Å²) in [6.07, 6.45) is 1.04. The number of halogens is 1. The molecule has 0 atom stereocenters. The van der Waals surface area contributed by atoms with Gasteiger partial charge in [0.25, 0.3) is 0 Å². The number of ether oxygens (including phenoxy) is 1. The molecule has 168 valence electrons. The second-order valence-corrected chi connectivity index (χ2v) is 9.33. The van der Waals surface area contributed by atoms with E-state index in [1.54, 1.807) is 29.5 Å². The Kier molecular flexibility index (Phi) is 12.5. The highest BCUT2D eigenvalue weighted by Crippen LogP contribution is 2.16. The third-order valence-electron chi connectivity index (χ3n) is 4.07. The molecule has 0 spiro atoms. The Morgan fingerprint density at radius 3 is 2.57 bits per heavy atom. The maximum atomic E-state index is 12.4. The van der Waals surface area contributed by atoms with Gasteiger partial charge in [-0.1, -0.05) is 19.1 Å². The van der Waals surface area contributed by atoms with Crippen LogP contribution in [0.15, 0.2) is 46.3 Å². The first-order chi connectivity index (χ1) is 14.0. The van der Waals surface area contributed by atoms with Crippen molar-refractivity contribution in [2.45, 2.75) is 38.3 Å². The molecule has 0 aliphatic rings. The number of aryl methyl sites for hydroxylation is 1. The van der Waals surface area contributed by atoms with E-state index in [4.69, 9.17) is 4.74 Å². The summed E-state index contributed by atoms with van der Waals surface area (Å²) >= 11 is 1.79. The van der Waals surface area contributed by atoms with Gasteiger partial charge < -0.3 is 15.4 Å². The minimum Gasteiger partial charge on any atom is -0.383 e. The van der Waals surface area contributed by atoms with E-state index < -0.39 is 10.0 Å². The molecule has 30 heavy (non-hydrogen) atoms. The Bertz CT molecular complexity index is 901. The second-order valence-electron chi connectivity index (χ2n) is 6.31. The van der Waals surface area contributed by atoms with E-state index in [-0.39, 0.29) is 35.4 Å². The quantitative estimate of drug-likeness (QED) is 0.168. The van der Waals surface area contributed by atoms with Crippen molar-refractivity contribution >= 4 is 51.3 Å². The number of nitrogens with one attached hydrogen (secondary N) is 3. The Morgan fingerprint density at radius 1 is 1.13 bits per heavy atom. The van der Waals surface area contributed by atoms with Gasteiger partial charge in [0.1, 0.15) is 0 Å². The van der Waals surface area contributed by atoms with Crippen molar-refractivity contribution in [3.8, 4) is 0 Å². The molecule has 0 unspecified atom stereocenters.